The van der Waals surface area contributed by atoms with Crippen molar-refractivity contribution in [3.05, 3.63) is 30.1 Å². The van der Waals surface area contributed by atoms with Crippen molar-refractivity contribution >= 4 is 17.5 Å². The molecule has 0 aliphatic carbocycles. The van der Waals surface area contributed by atoms with Crippen LogP contribution in [-0.4, -0.2) is 36.4 Å². The Morgan fingerprint density at radius 3 is 3.00 bits per heavy atom. The zero-order chi connectivity index (χ0) is 13.0. The first-order chi connectivity index (χ1) is 8.69. The van der Waals surface area contributed by atoms with Gasteiger partial charge in [-0.3, -0.25) is 4.79 Å². The lowest BCUT2D eigenvalue weighted by atomic mass is 10.2. The molecule has 0 saturated carbocycles. The van der Waals surface area contributed by atoms with Gasteiger partial charge in [0, 0.05) is 24.9 Å². The third-order valence-electron chi connectivity index (χ3n) is 2.94. The van der Waals surface area contributed by atoms with E-state index in [4.69, 9.17) is 16.3 Å². The average molecular weight is 272 g/mol. The van der Waals surface area contributed by atoms with Gasteiger partial charge in [0.2, 0.25) is 5.91 Å². The van der Waals surface area contributed by atoms with Gasteiger partial charge in [0.05, 0.1) is 6.54 Å². The maximum atomic E-state index is 12.9. The van der Waals surface area contributed by atoms with Crippen LogP contribution in [0.4, 0.5) is 4.39 Å². The highest BCUT2D eigenvalue weighted by atomic mass is 35.5. The molecule has 1 saturated heterocycles. The first-order valence-electron chi connectivity index (χ1n) is 5.91. The minimum absolute atomic E-state index is 0.114. The molecule has 18 heavy (non-hydrogen) atoms. The van der Waals surface area contributed by atoms with Crippen molar-refractivity contribution in [1.29, 1.82) is 0 Å². The van der Waals surface area contributed by atoms with E-state index in [-0.39, 0.29) is 17.6 Å². The summed E-state index contributed by atoms with van der Waals surface area (Å²) in [6.45, 7) is 1.57. The summed E-state index contributed by atoms with van der Waals surface area (Å²) in [4.78, 5) is 13.3. The molecule has 0 spiro atoms. The molecule has 3 nitrogen and oxygen atoms in total. The number of likely N-dealkylation sites (tertiary alicyclic amines) is 1. The Morgan fingerprint density at radius 1 is 1.50 bits per heavy atom. The fourth-order valence-corrected chi connectivity index (χ4v) is 2.21. The van der Waals surface area contributed by atoms with Crippen LogP contribution in [-0.2, 0) is 4.79 Å². The van der Waals surface area contributed by atoms with Crippen LogP contribution in [0.5, 0.6) is 5.75 Å². The number of carbonyl (C=O) groups excluding carboxylic acids is 1. The van der Waals surface area contributed by atoms with Gasteiger partial charge in [-0.1, -0.05) is 6.07 Å². The number of hydrogen-bond acceptors (Lipinski definition) is 2. The van der Waals surface area contributed by atoms with E-state index in [9.17, 15) is 9.18 Å². The van der Waals surface area contributed by atoms with Gasteiger partial charge in [0.1, 0.15) is 18.2 Å². The van der Waals surface area contributed by atoms with Crippen molar-refractivity contribution in [2.45, 2.75) is 6.42 Å². The first-order valence-corrected chi connectivity index (χ1v) is 6.44. The second-order valence-electron chi connectivity index (χ2n) is 4.37. The predicted octanol–water partition coefficient (Wildman–Crippen LogP) is 2.29. The van der Waals surface area contributed by atoms with Gasteiger partial charge in [-0.05, 0) is 18.1 Å². The van der Waals surface area contributed by atoms with Crippen molar-refractivity contribution in [2.24, 2.45) is 5.92 Å². The number of hydrogen-bond donors (Lipinski definition) is 0. The number of nitrogens with zero attached hydrogens (tertiary/aromatic N) is 1. The lowest BCUT2D eigenvalue weighted by Gasteiger charge is -2.16. The summed E-state index contributed by atoms with van der Waals surface area (Å²) in [5.41, 5.74) is 0. The van der Waals surface area contributed by atoms with Crippen LogP contribution in [0, 0.1) is 11.7 Å². The number of alkyl halides is 1. The summed E-state index contributed by atoms with van der Waals surface area (Å²) in [7, 11) is 0. The molecule has 1 aliphatic rings. The van der Waals surface area contributed by atoms with Crippen molar-refractivity contribution in [1.82, 2.24) is 4.90 Å². The summed E-state index contributed by atoms with van der Waals surface area (Å²) in [5.74, 6) is 1.02. The van der Waals surface area contributed by atoms with Gasteiger partial charge in [-0.15, -0.1) is 11.6 Å². The Kier molecular flexibility index (Phi) is 4.42. The number of amides is 1. The van der Waals surface area contributed by atoms with E-state index in [1.807, 2.05) is 0 Å². The van der Waals surface area contributed by atoms with Gasteiger partial charge in [-0.25, -0.2) is 4.39 Å². The minimum Gasteiger partial charge on any atom is -0.492 e. The molecule has 2 rings (SSSR count). The average Bonchev–Trinajstić information content (AvgIpc) is 2.71. The zero-order valence-corrected chi connectivity index (χ0v) is 10.7. The molecule has 0 aromatic heterocycles. The second kappa shape index (κ2) is 6.05. The van der Waals surface area contributed by atoms with E-state index in [0.29, 0.717) is 37.7 Å². The molecule has 1 aromatic rings. The molecule has 1 aliphatic heterocycles. The van der Waals surface area contributed by atoms with E-state index >= 15 is 0 Å². The fraction of sp³-hybridized carbons (Fsp3) is 0.462. The topological polar surface area (TPSA) is 29.5 Å². The van der Waals surface area contributed by atoms with Gasteiger partial charge < -0.3 is 9.64 Å². The van der Waals surface area contributed by atoms with Crippen LogP contribution < -0.4 is 4.74 Å². The maximum Gasteiger partial charge on any atom is 0.223 e. The zero-order valence-electron chi connectivity index (χ0n) is 9.94. The molecule has 1 fully saturated rings. The Balaban J connectivity index is 1.77. The normalized spacial score (nSPS) is 19.3. The summed E-state index contributed by atoms with van der Waals surface area (Å²) < 4.78 is 18.3. The van der Waals surface area contributed by atoms with Gasteiger partial charge >= 0.3 is 0 Å². The molecule has 1 aromatic carbocycles. The molecule has 0 N–H and O–H groups in total. The lowest BCUT2D eigenvalue weighted by molar-refractivity contribution is -0.128. The van der Waals surface area contributed by atoms with Gasteiger partial charge in [-0.2, -0.15) is 0 Å². The van der Waals surface area contributed by atoms with Crippen molar-refractivity contribution in [3.8, 4) is 5.75 Å². The summed E-state index contributed by atoms with van der Waals surface area (Å²) >= 11 is 5.73. The highest BCUT2D eigenvalue weighted by molar-refractivity contribution is 6.18. The van der Waals surface area contributed by atoms with Crippen molar-refractivity contribution < 1.29 is 13.9 Å². The van der Waals surface area contributed by atoms with Crippen LogP contribution >= 0.6 is 11.6 Å². The monoisotopic (exact) mass is 271 g/mol. The molecule has 0 bridgehead atoms. The van der Waals surface area contributed by atoms with Crippen LogP contribution in [0.1, 0.15) is 6.42 Å². The third-order valence-corrected chi connectivity index (χ3v) is 3.38. The SMILES string of the molecule is O=C1CC(CCl)CN1CCOc1cccc(F)c1. The summed E-state index contributed by atoms with van der Waals surface area (Å²) in [6, 6.07) is 5.97. The number of rotatable bonds is 5. The van der Waals surface area contributed by atoms with Crippen LogP contribution in [0.3, 0.4) is 0 Å². The molecule has 1 amide bonds. The third kappa shape index (κ3) is 3.35. The standard InChI is InChI=1S/C13H15ClFNO2/c14-8-10-6-13(17)16(9-10)4-5-18-12-3-1-2-11(15)7-12/h1-3,7,10H,4-6,8-9H2. The maximum absolute atomic E-state index is 12.9. The Hall–Kier alpha value is -1.29. The predicted molar refractivity (Wildman–Crippen MR) is 67.3 cm³/mol. The Morgan fingerprint density at radius 2 is 2.33 bits per heavy atom. The number of halogens is 2. The molecule has 1 heterocycles. The second-order valence-corrected chi connectivity index (χ2v) is 4.68. The van der Waals surface area contributed by atoms with E-state index < -0.39 is 0 Å². The van der Waals surface area contributed by atoms with E-state index in [1.54, 1.807) is 17.0 Å². The van der Waals surface area contributed by atoms with E-state index in [0.717, 1.165) is 0 Å². The van der Waals surface area contributed by atoms with Gasteiger partial charge in [0.25, 0.3) is 0 Å². The van der Waals surface area contributed by atoms with Crippen LogP contribution in [0.25, 0.3) is 0 Å². The Bertz CT molecular complexity index is 427. The quantitative estimate of drug-likeness (QED) is 0.769. The first kappa shape index (κ1) is 13.1. The molecule has 5 heteroatoms. The summed E-state index contributed by atoms with van der Waals surface area (Å²) in [5, 5.41) is 0. The minimum atomic E-state index is -0.327. The molecular weight excluding hydrogens is 257 g/mol. The number of benzene rings is 1. The molecular formula is C13H15ClFNO2. The molecule has 98 valence electrons. The van der Waals surface area contributed by atoms with E-state index in [1.165, 1.54) is 12.1 Å². The smallest absolute Gasteiger partial charge is 0.223 e. The molecule has 0 radical (unpaired) electrons. The fourth-order valence-electron chi connectivity index (χ4n) is 2.00. The molecule has 1 unspecified atom stereocenters. The van der Waals surface area contributed by atoms with E-state index in [2.05, 4.69) is 0 Å². The lowest BCUT2D eigenvalue weighted by Crippen LogP contribution is -2.30. The summed E-state index contributed by atoms with van der Waals surface area (Å²) in [6.07, 6.45) is 0.517. The van der Waals surface area contributed by atoms with Gasteiger partial charge in [0.15, 0.2) is 0 Å². The highest BCUT2D eigenvalue weighted by Crippen LogP contribution is 2.18. The number of ether oxygens (including phenoxy) is 1. The van der Waals surface area contributed by atoms with Crippen molar-refractivity contribution in [3.63, 3.8) is 0 Å². The van der Waals surface area contributed by atoms with Crippen molar-refractivity contribution in [2.75, 3.05) is 25.6 Å². The molecule has 1 atom stereocenters. The Labute approximate surface area is 110 Å². The number of carbonyl (C=O) groups is 1. The largest absolute Gasteiger partial charge is 0.492 e. The van der Waals surface area contributed by atoms with Crippen LogP contribution in [0.15, 0.2) is 24.3 Å². The van der Waals surface area contributed by atoms with Crippen LogP contribution in [0.2, 0.25) is 0 Å². The highest BCUT2D eigenvalue weighted by Gasteiger charge is 2.28.